The summed E-state index contributed by atoms with van der Waals surface area (Å²) in [5.41, 5.74) is 0. The minimum Gasteiger partial charge on any atom is -0.462 e. The van der Waals surface area contributed by atoms with Gasteiger partial charge in [0.25, 0.3) is 0 Å². The number of carbonyl (C=O) groups excluding carboxylic acids is 2. The van der Waals surface area contributed by atoms with Crippen molar-refractivity contribution in [3.63, 3.8) is 0 Å². The highest BCUT2D eigenvalue weighted by Crippen LogP contribution is 2.36. The second kappa shape index (κ2) is 35.4. The van der Waals surface area contributed by atoms with Crippen LogP contribution in [0.4, 0.5) is 0 Å². The molecule has 0 radical (unpaired) electrons. The van der Waals surface area contributed by atoms with Crippen LogP contribution < -0.4 is 0 Å². The third-order valence-electron chi connectivity index (χ3n) is 8.44. The molecule has 0 aromatic carbocycles. The van der Waals surface area contributed by atoms with E-state index in [0.29, 0.717) is 12.8 Å². The highest BCUT2D eigenvalue weighted by molar-refractivity contribution is 7.46. The van der Waals surface area contributed by atoms with Crippen LogP contribution in [0, 0.1) is 0 Å². The van der Waals surface area contributed by atoms with Crippen molar-refractivity contribution in [1.29, 1.82) is 0 Å². The molecule has 0 aliphatic rings. The average Bonchev–Trinajstić information content (AvgIpc) is 3.05. The fourth-order valence-electron chi connectivity index (χ4n) is 5.48. The van der Waals surface area contributed by atoms with Crippen LogP contribution >= 0.6 is 7.82 Å². The Bertz CT molecular complexity index is 838. The van der Waals surface area contributed by atoms with Crippen molar-refractivity contribution in [1.82, 2.24) is 0 Å². The van der Waals surface area contributed by atoms with Crippen LogP contribution in [0.25, 0.3) is 0 Å². The third kappa shape index (κ3) is 37.4. The third-order valence-corrected chi connectivity index (χ3v) is 8.93. The van der Waals surface area contributed by atoms with E-state index >= 15 is 0 Å². The van der Waals surface area contributed by atoms with Crippen LogP contribution in [-0.4, -0.2) is 41.0 Å². The molecule has 0 aromatic rings. The number of carbonyl (C=O) groups is 2. The summed E-state index contributed by atoms with van der Waals surface area (Å²) in [6.45, 7) is 3.66. The number of phosphoric acid groups is 1. The minimum atomic E-state index is -4.75. The van der Waals surface area contributed by atoms with Gasteiger partial charge in [0.1, 0.15) is 6.61 Å². The van der Waals surface area contributed by atoms with E-state index < -0.39 is 32.5 Å². The molecule has 0 spiro atoms. The molecule has 282 valence electrons. The van der Waals surface area contributed by atoms with Gasteiger partial charge >= 0.3 is 19.8 Å². The van der Waals surface area contributed by atoms with E-state index in [2.05, 4.69) is 42.7 Å². The van der Waals surface area contributed by atoms with Crippen LogP contribution in [0.15, 0.2) is 24.3 Å². The molecule has 0 rings (SSSR count). The highest BCUT2D eigenvalue weighted by atomic mass is 31.2. The zero-order valence-corrected chi connectivity index (χ0v) is 31.8. The normalized spacial score (nSPS) is 12.7. The van der Waals surface area contributed by atoms with Gasteiger partial charge in [0.15, 0.2) is 6.10 Å². The summed E-state index contributed by atoms with van der Waals surface area (Å²) in [5, 5.41) is 0. The first kappa shape index (κ1) is 46.5. The molecule has 48 heavy (non-hydrogen) atoms. The first-order valence-corrected chi connectivity index (χ1v) is 21.2. The topological polar surface area (TPSA) is 119 Å². The lowest BCUT2D eigenvalue weighted by molar-refractivity contribution is -0.161. The fraction of sp³-hybridized carbons (Fsp3) is 0.846. The van der Waals surface area contributed by atoms with Gasteiger partial charge in [0, 0.05) is 12.8 Å². The van der Waals surface area contributed by atoms with Gasteiger partial charge in [0.05, 0.1) is 6.61 Å². The summed E-state index contributed by atoms with van der Waals surface area (Å²) in [7, 11) is -4.75. The number of phosphoric ester groups is 1. The Kier molecular flexibility index (Phi) is 34.3. The van der Waals surface area contributed by atoms with Gasteiger partial charge in [-0.05, 0) is 64.2 Å². The van der Waals surface area contributed by atoms with Gasteiger partial charge in [-0.3, -0.25) is 14.1 Å². The number of unbranched alkanes of at least 4 members (excludes halogenated alkanes) is 22. The zero-order valence-electron chi connectivity index (χ0n) is 30.9. The minimum absolute atomic E-state index is 0.202. The standard InChI is InChI=1S/C39H73O8P/c1-3-5-7-9-11-13-15-17-19-21-23-25-27-29-31-33-38(40)45-35-37(36-46-48(42,43)44)47-39(41)34-32-30-28-26-24-22-20-18-16-14-12-10-8-6-4-2/h17-20,37H,3-16,21-36H2,1-2H3,(H2,42,43,44)/t37-/m1/s1. The predicted molar refractivity (Wildman–Crippen MR) is 198 cm³/mol. The largest absolute Gasteiger partial charge is 0.469 e. The van der Waals surface area contributed by atoms with Gasteiger partial charge in [-0.15, -0.1) is 0 Å². The molecule has 0 aliphatic heterocycles. The van der Waals surface area contributed by atoms with Crippen molar-refractivity contribution >= 4 is 19.8 Å². The zero-order chi connectivity index (χ0) is 35.4. The fourth-order valence-corrected chi connectivity index (χ4v) is 5.84. The molecular weight excluding hydrogens is 627 g/mol. The Morgan fingerprint density at radius 1 is 0.521 bits per heavy atom. The molecule has 0 amide bonds. The first-order chi connectivity index (χ1) is 23.3. The van der Waals surface area contributed by atoms with Crippen molar-refractivity contribution in [2.24, 2.45) is 0 Å². The van der Waals surface area contributed by atoms with Crippen molar-refractivity contribution in [2.45, 2.75) is 200 Å². The number of ether oxygens (including phenoxy) is 2. The molecule has 8 nitrogen and oxygen atoms in total. The average molecular weight is 701 g/mol. The van der Waals surface area contributed by atoms with Crippen molar-refractivity contribution < 1.29 is 37.9 Å². The molecular formula is C39H73O8P. The number of allylic oxidation sites excluding steroid dienone is 4. The summed E-state index contributed by atoms with van der Waals surface area (Å²) < 4.78 is 26.3. The maximum atomic E-state index is 12.4. The smallest absolute Gasteiger partial charge is 0.462 e. The maximum Gasteiger partial charge on any atom is 0.469 e. The molecule has 0 fully saturated rings. The molecule has 0 saturated carbocycles. The lowest BCUT2D eigenvalue weighted by Crippen LogP contribution is -2.29. The summed E-state index contributed by atoms with van der Waals surface area (Å²) in [4.78, 5) is 42.7. The highest BCUT2D eigenvalue weighted by Gasteiger charge is 2.22. The number of hydrogen-bond donors (Lipinski definition) is 2. The van der Waals surface area contributed by atoms with E-state index in [1.54, 1.807) is 0 Å². The molecule has 0 aromatic heterocycles. The lowest BCUT2D eigenvalue weighted by Gasteiger charge is -2.18. The van der Waals surface area contributed by atoms with Crippen molar-refractivity contribution in [2.75, 3.05) is 13.2 Å². The van der Waals surface area contributed by atoms with E-state index in [4.69, 9.17) is 19.3 Å². The number of rotatable bonds is 36. The quantitative estimate of drug-likeness (QED) is 0.0287. The van der Waals surface area contributed by atoms with Crippen molar-refractivity contribution in [3.8, 4) is 0 Å². The van der Waals surface area contributed by atoms with Crippen LogP contribution in [0.1, 0.15) is 194 Å². The Labute approximate surface area is 294 Å². The molecule has 2 N–H and O–H groups in total. The summed E-state index contributed by atoms with van der Waals surface area (Å²) in [5.74, 6) is -0.901. The number of hydrogen-bond acceptors (Lipinski definition) is 6. The number of esters is 2. The van der Waals surface area contributed by atoms with Gasteiger partial charge in [-0.25, -0.2) is 4.57 Å². The Morgan fingerprint density at radius 3 is 1.27 bits per heavy atom. The van der Waals surface area contributed by atoms with Crippen LogP contribution in [0.5, 0.6) is 0 Å². The monoisotopic (exact) mass is 701 g/mol. The van der Waals surface area contributed by atoms with E-state index in [0.717, 1.165) is 64.2 Å². The second-order valence-electron chi connectivity index (χ2n) is 13.2. The van der Waals surface area contributed by atoms with Crippen LogP contribution in [-0.2, 0) is 28.2 Å². The van der Waals surface area contributed by atoms with Gasteiger partial charge in [-0.1, -0.05) is 141 Å². The Hall–Kier alpha value is -1.47. The predicted octanol–water partition coefficient (Wildman–Crippen LogP) is 11.6. The Balaban J connectivity index is 3.97. The summed E-state index contributed by atoms with van der Waals surface area (Å²) in [6, 6.07) is 0. The summed E-state index contributed by atoms with van der Waals surface area (Å²) in [6.07, 6.45) is 38.9. The van der Waals surface area contributed by atoms with E-state index in [-0.39, 0.29) is 19.4 Å². The maximum absolute atomic E-state index is 12.4. The van der Waals surface area contributed by atoms with Gasteiger partial charge < -0.3 is 19.3 Å². The van der Waals surface area contributed by atoms with Gasteiger partial charge in [-0.2, -0.15) is 0 Å². The van der Waals surface area contributed by atoms with E-state index in [1.807, 2.05) is 0 Å². The summed E-state index contributed by atoms with van der Waals surface area (Å²) >= 11 is 0. The SMILES string of the molecule is CCCCCCCCC=CCCCCCCCC(=O)OC[C@H](COP(=O)(O)O)OC(=O)CCCCCCCC=CCCCCCCCC. The molecule has 0 bridgehead atoms. The second-order valence-corrected chi connectivity index (χ2v) is 14.5. The van der Waals surface area contributed by atoms with Crippen molar-refractivity contribution in [3.05, 3.63) is 24.3 Å². The van der Waals surface area contributed by atoms with Crippen LogP contribution in [0.3, 0.4) is 0 Å². The Morgan fingerprint density at radius 2 is 0.875 bits per heavy atom. The first-order valence-electron chi connectivity index (χ1n) is 19.6. The molecule has 0 saturated heterocycles. The van der Waals surface area contributed by atoms with Crippen LogP contribution in [0.2, 0.25) is 0 Å². The molecule has 0 heterocycles. The molecule has 0 unspecified atom stereocenters. The van der Waals surface area contributed by atoms with E-state index in [1.165, 1.54) is 89.9 Å². The molecule has 1 atom stereocenters. The lowest BCUT2D eigenvalue weighted by atomic mass is 10.1. The molecule has 0 aliphatic carbocycles. The van der Waals surface area contributed by atoms with Gasteiger partial charge in [0.2, 0.25) is 0 Å². The molecule has 9 heteroatoms. The van der Waals surface area contributed by atoms with E-state index in [9.17, 15) is 14.2 Å².